The molecule has 0 aromatic heterocycles. The number of fused-ring (bicyclic) bond motifs is 2. The van der Waals surface area contributed by atoms with Crippen LogP contribution in [0.1, 0.15) is 35.6 Å². The first-order valence-corrected chi connectivity index (χ1v) is 11.3. The molecule has 1 aliphatic carbocycles. The van der Waals surface area contributed by atoms with Crippen molar-refractivity contribution < 1.29 is 22.6 Å². The molecule has 0 bridgehead atoms. The molecule has 0 amide bonds. The summed E-state index contributed by atoms with van der Waals surface area (Å²) in [6.07, 6.45) is -0.577. The van der Waals surface area contributed by atoms with Gasteiger partial charge in [0.2, 0.25) is 0 Å². The van der Waals surface area contributed by atoms with Crippen LogP contribution in [0.25, 0.3) is 0 Å². The van der Waals surface area contributed by atoms with Crippen LogP contribution in [0.3, 0.4) is 0 Å². The number of alkyl halides is 3. The topological polar surface area (TPSA) is 76.2 Å². The Kier molecular flexibility index (Phi) is 7.11. The summed E-state index contributed by atoms with van der Waals surface area (Å²) in [4.78, 5) is 0. The maximum atomic E-state index is 12.4. The molecular formula is C25H28F3N3O2. The van der Waals surface area contributed by atoms with Crippen LogP contribution in [0.4, 0.5) is 13.2 Å². The summed E-state index contributed by atoms with van der Waals surface area (Å²) in [5.74, 6) is 0.359. The van der Waals surface area contributed by atoms with Crippen molar-refractivity contribution in [2.75, 3.05) is 19.8 Å². The number of hydrogen-bond acceptors (Lipinski definition) is 5. The molecule has 8 heteroatoms. The second kappa shape index (κ2) is 10.0. The molecule has 33 heavy (non-hydrogen) atoms. The van der Waals surface area contributed by atoms with Crippen molar-refractivity contribution in [1.29, 1.82) is 5.26 Å². The number of ether oxygens (including phenoxy) is 2. The molecule has 3 atom stereocenters. The lowest BCUT2D eigenvalue weighted by atomic mass is 9.92. The highest BCUT2D eigenvalue weighted by Crippen LogP contribution is 2.32. The third-order valence-electron chi connectivity index (χ3n) is 6.11. The van der Waals surface area contributed by atoms with Gasteiger partial charge in [0.15, 0.2) is 18.1 Å². The van der Waals surface area contributed by atoms with Crippen molar-refractivity contribution in [3.63, 3.8) is 0 Å². The molecule has 2 aliphatic rings. The molecule has 2 aromatic carbocycles. The first-order valence-electron chi connectivity index (χ1n) is 11.3. The average molecular weight is 460 g/mol. The number of hydrogen-bond donors (Lipinski definition) is 2. The Balaban J connectivity index is 1.27. The van der Waals surface area contributed by atoms with Gasteiger partial charge in [0.1, 0.15) is 6.61 Å². The lowest BCUT2D eigenvalue weighted by Gasteiger charge is -2.18. The lowest BCUT2D eigenvalue weighted by molar-refractivity contribution is -0.153. The molecule has 1 aliphatic heterocycles. The van der Waals surface area contributed by atoms with Crippen LogP contribution < -0.4 is 20.1 Å². The Morgan fingerprint density at radius 3 is 2.67 bits per heavy atom. The standard InChI is InChI=1S/C25H28F3N3O2/c1-16(30-8-9-32-23-4-2-3-5-24(23)33-15-25(26,27)28)10-17-11-18-6-7-21-22(31-21)13-20(18)19(12-17)14-29/h2-5,11-12,16,21-22,30-31H,6-10,13,15H2,1H3. The highest BCUT2D eigenvalue weighted by Gasteiger charge is 2.38. The SMILES string of the molecule is CC(Cc1cc(C#N)c2c(c1)CCC1NC1C2)NCCOc1ccccc1OCC(F)(F)F. The predicted octanol–water partition coefficient (Wildman–Crippen LogP) is 3.93. The Morgan fingerprint density at radius 2 is 1.94 bits per heavy atom. The summed E-state index contributed by atoms with van der Waals surface area (Å²) in [5.41, 5.74) is 4.41. The van der Waals surface area contributed by atoms with Crippen LogP contribution in [0, 0.1) is 11.3 Å². The first-order chi connectivity index (χ1) is 15.8. The number of nitrogens with one attached hydrogen (secondary N) is 2. The molecular weight excluding hydrogens is 431 g/mol. The summed E-state index contributed by atoms with van der Waals surface area (Å²) in [6.45, 7) is 1.53. The van der Waals surface area contributed by atoms with E-state index < -0.39 is 12.8 Å². The maximum Gasteiger partial charge on any atom is 0.422 e. The van der Waals surface area contributed by atoms with E-state index in [0.717, 1.165) is 36.8 Å². The van der Waals surface area contributed by atoms with Crippen molar-refractivity contribution in [1.82, 2.24) is 10.6 Å². The van der Waals surface area contributed by atoms with Gasteiger partial charge in [0.25, 0.3) is 0 Å². The average Bonchev–Trinajstić information content (AvgIpc) is 3.54. The molecule has 2 N–H and O–H groups in total. The fourth-order valence-electron chi connectivity index (χ4n) is 4.46. The second-order valence-electron chi connectivity index (χ2n) is 8.77. The zero-order valence-corrected chi connectivity index (χ0v) is 18.5. The second-order valence-corrected chi connectivity index (χ2v) is 8.77. The van der Waals surface area contributed by atoms with E-state index >= 15 is 0 Å². The fourth-order valence-corrected chi connectivity index (χ4v) is 4.46. The number of nitriles is 1. The number of aryl methyl sites for hydroxylation is 1. The van der Waals surface area contributed by atoms with Gasteiger partial charge in [0, 0.05) is 24.7 Å². The Labute approximate surface area is 191 Å². The van der Waals surface area contributed by atoms with Crippen LogP contribution >= 0.6 is 0 Å². The number of para-hydroxylation sites is 2. The number of rotatable bonds is 9. The summed E-state index contributed by atoms with van der Waals surface area (Å²) < 4.78 is 47.8. The first kappa shape index (κ1) is 23.4. The van der Waals surface area contributed by atoms with Gasteiger partial charge < -0.3 is 20.1 Å². The van der Waals surface area contributed by atoms with E-state index in [2.05, 4.69) is 29.7 Å². The van der Waals surface area contributed by atoms with E-state index in [-0.39, 0.29) is 17.5 Å². The smallest absolute Gasteiger partial charge is 0.422 e. The fraction of sp³-hybridized carbons (Fsp3) is 0.480. The van der Waals surface area contributed by atoms with Crippen LogP contribution in [-0.2, 0) is 19.3 Å². The van der Waals surface area contributed by atoms with Gasteiger partial charge in [-0.25, -0.2) is 0 Å². The Bertz CT molecular complexity index is 1020. The third-order valence-corrected chi connectivity index (χ3v) is 6.11. The quantitative estimate of drug-likeness (QED) is 0.439. The van der Waals surface area contributed by atoms with Crippen molar-refractivity contribution >= 4 is 0 Å². The van der Waals surface area contributed by atoms with Crippen molar-refractivity contribution in [3.8, 4) is 17.6 Å². The molecule has 0 saturated carbocycles. The number of nitrogens with zero attached hydrogens (tertiary/aromatic N) is 1. The highest BCUT2D eigenvalue weighted by molar-refractivity contribution is 5.48. The van der Waals surface area contributed by atoms with Crippen LogP contribution in [0.15, 0.2) is 36.4 Å². The lowest BCUT2D eigenvalue weighted by Crippen LogP contribution is -2.32. The molecule has 1 fully saturated rings. The molecule has 0 radical (unpaired) electrons. The van der Waals surface area contributed by atoms with Crippen LogP contribution in [0.5, 0.6) is 11.5 Å². The van der Waals surface area contributed by atoms with Gasteiger partial charge >= 0.3 is 6.18 Å². The molecule has 3 unspecified atom stereocenters. The largest absolute Gasteiger partial charge is 0.488 e. The van der Waals surface area contributed by atoms with Crippen molar-refractivity contribution in [3.05, 3.63) is 58.7 Å². The van der Waals surface area contributed by atoms with E-state index in [1.807, 2.05) is 6.07 Å². The molecule has 5 nitrogen and oxygen atoms in total. The minimum atomic E-state index is -4.40. The van der Waals surface area contributed by atoms with E-state index in [4.69, 9.17) is 9.47 Å². The van der Waals surface area contributed by atoms with Crippen LogP contribution in [0.2, 0.25) is 0 Å². The summed E-state index contributed by atoms with van der Waals surface area (Å²) in [5, 5.41) is 16.5. The molecule has 176 valence electrons. The molecule has 2 aromatic rings. The normalized spacial score (nSPS) is 20.1. The van der Waals surface area contributed by atoms with Gasteiger partial charge in [-0.1, -0.05) is 18.2 Å². The molecule has 0 spiro atoms. The van der Waals surface area contributed by atoms with E-state index in [0.29, 0.717) is 25.2 Å². The van der Waals surface area contributed by atoms with E-state index in [1.54, 1.807) is 18.2 Å². The Hall–Kier alpha value is -2.76. The van der Waals surface area contributed by atoms with Crippen LogP contribution in [-0.4, -0.2) is 44.1 Å². The molecule has 4 rings (SSSR count). The van der Waals surface area contributed by atoms with E-state index in [1.165, 1.54) is 17.2 Å². The van der Waals surface area contributed by atoms with Crippen molar-refractivity contribution in [2.24, 2.45) is 0 Å². The highest BCUT2D eigenvalue weighted by atomic mass is 19.4. The number of halogens is 3. The van der Waals surface area contributed by atoms with Gasteiger partial charge in [0.05, 0.1) is 11.6 Å². The van der Waals surface area contributed by atoms with Gasteiger partial charge in [-0.05, 0) is 67.5 Å². The summed E-state index contributed by atoms with van der Waals surface area (Å²) >= 11 is 0. The molecule has 1 saturated heterocycles. The third kappa shape index (κ3) is 6.40. The van der Waals surface area contributed by atoms with Crippen molar-refractivity contribution in [2.45, 2.75) is 56.9 Å². The van der Waals surface area contributed by atoms with Gasteiger partial charge in [-0.15, -0.1) is 0 Å². The zero-order chi connectivity index (χ0) is 23.4. The Morgan fingerprint density at radius 1 is 1.18 bits per heavy atom. The predicted molar refractivity (Wildman–Crippen MR) is 119 cm³/mol. The minimum absolute atomic E-state index is 0.0738. The summed E-state index contributed by atoms with van der Waals surface area (Å²) in [7, 11) is 0. The number of benzene rings is 2. The maximum absolute atomic E-state index is 12.4. The van der Waals surface area contributed by atoms with Gasteiger partial charge in [-0.3, -0.25) is 0 Å². The minimum Gasteiger partial charge on any atom is -0.488 e. The van der Waals surface area contributed by atoms with Gasteiger partial charge in [-0.2, -0.15) is 18.4 Å². The molecule has 1 heterocycles. The monoisotopic (exact) mass is 459 g/mol. The summed E-state index contributed by atoms with van der Waals surface area (Å²) in [6, 6.07) is 14.2. The zero-order valence-electron chi connectivity index (χ0n) is 18.5. The van der Waals surface area contributed by atoms with E-state index in [9.17, 15) is 18.4 Å².